The van der Waals surface area contributed by atoms with E-state index in [2.05, 4.69) is 51.4 Å². The molecule has 2 atom stereocenters. The molecular weight excluding hydrogens is 410 g/mol. The lowest BCUT2D eigenvalue weighted by Gasteiger charge is -2.38. The largest absolute Gasteiger partial charge is 0.370 e. The monoisotopic (exact) mass is 435 g/mol. The summed E-state index contributed by atoms with van der Waals surface area (Å²) in [6, 6.07) is 24.4. The molecule has 0 radical (unpaired) electrons. The Bertz CT molecular complexity index is 1280. The fourth-order valence-electron chi connectivity index (χ4n) is 4.40. The molecule has 0 spiro atoms. The highest BCUT2D eigenvalue weighted by atomic mass is 16.5. The van der Waals surface area contributed by atoms with Crippen LogP contribution in [0.1, 0.15) is 12.5 Å². The average molecular weight is 436 g/mol. The Morgan fingerprint density at radius 3 is 2.67 bits per heavy atom. The Hall–Kier alpha value is -3.95. The molecule has 2 aromatic carbocycles. The Labute approximate surface area is 193 Å². The molecule has 1 aliphatic rings. The maximum absolute atomic E-state index is 9.44. The van der Waals surface area contributed by atoms with Crippen molar-refractivity contribution in [3.8, 4) is 17.2 Å². The molecule has 1 saturated heterocycles. The van der Waals surface area contributed by atoms with Gasteiger partial charge in [-0.3, -0.25) is 4.98 Å². The van der Waals surface area contributed by atoms with E-state index < -0.39 is 0 Å². The standard InChI is InChI=1S/C27H25N5O/c1-19-17-32(25-11-9-21(14-28)27-24(25)8-5-13-29-27)18-23(33-19)16-31-26-12-10-22(15-30-26)20-6-3-2-4-7-20/h2-13,15,19,23H,16-18H2,1H3,(H,30,31)/t19-,23-/m1/s1. The van der Waals surface area contributed by atoms with Crippen LogP contribution in [0, 0.1) is 11.3 Å². The quantitative estimate of drug-likeness (QED) is 0.482. The minimum atomic E-state index is 0.00622. The van der Waals surface area contributed by atoms with Gasteiger partial charge in [0.2, 0.25) is 0 Å². The van der Waals surface area contributed by atoms with Crippen molar-refractivity contribution in [1.29, 1.82) is 5.26 Å². The van der Waals surface area contributed by atoms with E-state index in [0.717, 1.165) is 46.6 Å². The summed E-state index contributed by atoms with van der Waals surface area (Å²) in [5.74, 6) is 0.830. The minimum Gasteiger partial charge on any atom is -0.370 e. The van der Waals surface area contributed by atoms with E-state index >= 15 is 0 Å². The number of nitrogens with one attached hydrogen (secondary N) is 1. The second-order valence-electron chi connectivity index (χ2n) is 8.30. The van der Waals surface area contributed by atoms with Crippen LogP contribution in [0.15, 0.2) is 79.1 Å². The lowest BCUT2D eigenvalue weighted by Crippen LogP contribution is -2.49. The van der Waals surface area contributed by atoms with Gasteiger partial charge >= 0.3 is 0 Å². The summed E-state index contributed by atoms with van der Waals surface area (Å²) in [5, 5.41) is 13.9. The van der Waals surface area contributed by atoms with E-state index in [9.17, 15) is 5.26 Å². The van der Waals surface area contributed by atoms with Crippen molar-refractivity contribution in [3.63, 3.8) is 0 Å². The van der Waals surface area contributed by atoms with Gasteiger partial charge in [-0.15, -0.1) is 0 Å². The molecule has 5 rings (SSSR count). The number of hydrogen-bond acceptors (Lipinski definition) is 6. The van der Waals surface area contributed by atoms with Crippen LogP contribution < -0.4 is 10.2 Å². The van der Waals surface area contributed by atoms with Gasteiger partial charge in [-0.05, 0) is 48.9 Å². The number of nitrogens with zero attached hydrogens (tertiary/aromatic N) is 4. The zero-order valence-corrected chi connectivity index (χ0v) is 18.5. The molecule has 1 fully saturated rings. The topological polar surface area (TPSA) is 74.1 Å². The van der Waals surface area contributed by atoms with Crippen LogP contribution >= 0.6 is 0 Å². The second kappa shape index (κ2) is 9.27. The molecule has 0 saturated carbocycles. The molecule has 0 unspecified atom stereocenters. The molecule has 0 aliphatic carbocycles. The third-order valence-electron chi connectivity index (χ3n) is 5.92. The van der Waals surface area contributed by atoms with Gasteiger partial charge in [-0.1, -0.05) is 30.3 Å². The summed E-state index contributed by atoms with van der Waals surface area (Å²) in [7, 11) is 0. The summed E-state index contributed by atoms with van der Waals surface area (Å²) in [6.45, 7) is 4.28. The van der Waals surface area contributed by atoms with Crippen molar-refractivity contribution < 1.29 is 4.74 Å². The first-order chi connectivity index (χ1) is 16.2. The van der Waals surface area contributed by atoms with Gasteiger partial charge in [-0.2, -0.15) is 5.26 Å². The van der Waals surface area contributed by atoms with Gasteiger partial charge in [0.15, 0.2) is 0 Å². The van der Waals surface area contributed by atoms with Crippen molar-refractivity contribution in [3.05, 3.63) is 84.7 Å². The van der Waals surface area contributed by atoms with E-state index in [-0.39, 0.29) is 12.2 Å². The Morgan fingerprint density at radius 1 is 1.00 bits per heavy atom. The molecule has 2 aromatic heterocycles. The van der Waals surface area contributed by atoms with Gasteiger partial charge < -0.3 is 15.0 Å². The fourth-order valence-corrected chi connectivity index (χ4v) is 4.40. The molecule has 4 aromatic rings. The Morgan fingerprint density at radius 2 is 1.88 bits per heavy atom. The lowest BCUT2D eigenvalue weighted by atomic mass is 10.1. The summed E-state index contributed by atoms with van der Waals surface area (Å²) in [4.78, 5) is 11.4. The molecule has 1 N–H and O–H groups in total. The number of anilines is 2. The fraction of sp³-hybridized carbons (Fsp3) is 0.222. The first-order valence-electron chi connectivity index (χ1n) is 11.1. The SMILES string of the molecule is C[C@@H]1CN(c2ccc(C#N)c3ncccc23)C[C@@H](CNc2ccc(-c3ccccc3)cn2)O1. The third kappa shape index (κ3) is 4.50. The van der Waals surface area contributed by atoms with Crippen LogP contribution in [-0.2, 0) is 4.74 Å². The maximum atomic E-state index is 9.44. The van der Waals surface area contributed by atoms with E-state index in [0.29, 0.717) is 12.1 Å². The predicted molar refractivity (Wildman–Crippen MR) is 131 cm³/mol. The highest BCUT2D eigenvalue weighted by Crippen LogP contribution is 2.30. The molecule has 164 valence electrons. The number of hydrogen-bond donors (Lipinski definition) is 1. The lowest BCUT2D eigenvalue weighted by molar-refractivity contribution is -0.00823. The van der Waals surface area contributed by atoms with Crippen molar-refractivity contribution >= 4 is 22.4 Å². The minimum absolute atomic E-state index is 0.00622. The predicted octanol–water partition coefficient (Wildman–Crippen LogP) is 4.87. The molecule has 0 amide bonds. The number of ether oxygens (including phenoxy) is 1. The summed E-state index contributed by atoms with van der Waals surface area (Å²) in [5.41, 5.74) is 4.67. The van der Waals surface area contributed by atoms with Crippen LogP contribution in [0.2, 0.25) is 0 Å². The number of morpholine rings is 1. The van der Waals surface area contributed by atoms with Crippen molar-refractivity contribution in [1.82, 2.24) is 9.97 Å². The van der Waals surface area contributed by atoms with Gasteiger partial charge in [0.1, 0.15) is 11.9 Å². The van der Waals surface area contributed by atoms with Gasteiger partial charge in [-0.25, -0.2) is 4.98 Å². The number of rotatable bonds is 5. The van der Waals surface area contributed by atoms with Crippen molar-refractivity contribution in [2.45, 2.75) is 19.1 Å². The number of pyridine rings is 2. The van der Waals surface area contributed by atoms with Gasteiger partial charge in [0, 0.05) is 48.7 Å². The van der Waals surface area contributed by atoms with E-state index in [1.807, 2.05) is 54.7 Å². The smallest absolute Gasteiger partial charge is 0.126 e. The van der Waals surface area contributed by atoms with Crippen molar-refractivity contribution in [2.24, 2.45) is 0 Å². The van der Waals surface area contributed by atoms with E-state index in [1.165, 1.54) is 0 Å². The average Bonchev–Trinajstić information content (AvgIpc) is 2.87. The molecule has 1 aliphatic heterocycles. The number of fused-ring (bicyclic) bond motifs is 1. The van der Waals surface area contributed by atoms with Crippen LogP contribution in [0.3, 0.4) is 0 Å². The van der Waals surface area contributed by atoms with Gasteiger partial charge in [0.05, 0.1) is 23.3 Å². The van der Waals surface area contributed by atoms with Crippen molar-refractivity contribution in [2.75, 3.05) is 29.9 Å². The highest BCUT2D eigenvalue weighted by molar-refractivity contribution is 5.95. The zero-order chi connectivity index (χ0) is 22.6. The normalized spacial score (nSPS) is 18.1. The molecule has 33 heavy (non-hydrogen) atoms. The summed E-state index contributed by atoms with van der Waals surface area (Å²) in [6.07, 6.45) is 3.72. The number of nitriles is 1. The molecule has 0 bridgehead atoms. The molecule has 3 heterocycles. The van der Waals surface area contributed by atoms with Crippen LogP contribution in [0.4, 0.5) is 11.5 Å². The Balaban J connectivity index is 1.29. The molecule has 6 nitrogen and oxygen atoms in total. The summed E-state index contributed by atoms with van der Waals surface area (Å²) < 4.78 is 6.21. The first kappa shape index (κ1) is 20.9. The van der Waals surface area contributed by atoms with Crippen LogP contribution in [0.25, 0.3) is 22.0 Å². The van der Waals surface area contributed by atoms with Gasteiger partial charge in [0.25, 0.3) is 0 Å². The number of aromatic nitrogens is 2. The first-order valence-corrected chi connectivity index (χ1v) is 11.1. The molecular formula is C27H25N5O. The third-order valence-corrected chi connectivity index (χ3v) is 5.92. The van der Waals surface area contributed by atoms with Crippen LogP contribution in [0.5, 0.6) is 0 Å². The zero-order valence-electron chi connectivity index (χ0n) is 18.5. The highest BCUT2D eigenvalue weighted by Gasteiger charge is 2.26. The number of benzene rings is 2. The maximum Gasteiger partial charge on any atom is 0.126 e. The molecule has 6 heteroatoms. The Kier molecular flexibility index (Phi) is 5.88. The van der Waals surface area contributed by atoms with Crippen LogP contribution in [-0.4, -0.2) is 41.8 Å². The summed E-state index contributed by atoms with van der Waals surface area (Å²) >= 11 is 0. The van der Waals surface area contributed by atoms with E-state index in [4.69, 9.17) is 4.74 Å². The second-order valence-corrected chi connectivity index (χ2v) is 8.30. The van der Waals surface area contributed by atoms with E-state index in [1.54, 1.807) is 6.20 Å².